The topological polar surface area (TPSA) is 21.3 Å². The smallest absolute Gasteiger partial charge is 0.0619 e. The lowest BCUT2D eigenvalue weighted by Crippen LogP contribution is -2.36. The van der Waals surface area contributed by atoms with E-state index in [1.807, 2.05) is 11.3 Å². The first-order valence-electron chi connectivity index (χ1n) is 5.63. The molecule has 1 aromatic rings. The number of hydrogen-bond acceptors (Lipinski definition) is 3. The van der Waals surface area contributed by atoms with Gasteiger partial charge in [-0.15, -0.1) is 11.3 Å². The zero-order valence-corrected chi connectivity index (χ0v) is 10.3. The Hall–Kier alpha value is -0.380. The van der Waals surface area contributed by atoms with E-state index < -0.39 is 0 Å². The van der Waals surface area contributed by atoms with Gasteiger partial charge in [-0.1, -0.05) is 0 Å². The second-order valence-corrected chi connectivity index (χ2v) is 5.59. The fourth-order valence-electron chi connectivity index (χ4n) is 1.88. The van der Waals surface area contributed by atoms with Crippen LogP contribution in [-0.2, 0) is 11.3 Å². The van der Waals surface area contributed by atoms with E-state index in [9.17, 15) is 0 Å². The largest absolute Gasteiger partial charge is 0.380 e. The van der Waals surface area contributed by atoms with Gasteiger partial charge >= 0.3 is 0 Å². The monoisotopic (exact) mass is 225 g/mol. The molecule has 1 unspecified atom stereocenters. The minimum absolute atomic E-state index is 0.557. The lowest BCUT2D eigenvalue weighted by atomic mass is 10.1. The lowest BCUT2D eigenvalue weighted by Gasteiger charge is -2.22. The van der Waals surface area contributed by atoms with Gasteiger partial charge in [-0.3, -0.25) is 0 Å². The molecule has 0 bridgehead atoms. The molecule has 3 heteroatoms. The van der Waals surface area contributed by atoms with Crippen LogP contribution in [0.2, 0.25) is 0 Å². The first-order chi connectivity index (χ1) is 7.25. The molecular weight excluding hydrogens is 206 g/mol. The van der Waals surface area contributed by atoms with Crippen LogP contribution in [0, 0.1) is 13.8 Å². The summed E-state index contributed by atoms with van der Waals surface area (Å²) >= 11 is 1.90. The maximum atomic E-state index is 5.44. The van der Waals surface area contributed by atoms with Crippen molar-refractivity contribution in [2.45, 2.75) is 39.3 Å². The molecule has 0 amide bonds. The molecule has 2 heterocycles. The molecule has 0 saturated carbocycles. The van der Waals surface area contributed by atoms with Crippen molar-refractivity contribution in [2.24, 2.45) is 0 Å². The standard InChI is InChI=1S/C12H19NOS/c1-9-6-12(15-10(9)2)7-13-11-4-3-5-14-8-11/h6,11,13H,3-5,7-8H2,1-2H3. The molecule has 1 fully saturated rings. The molecule has 1 saturated heterocycles. The maximum absolute atomic E-state index is 5.44. The van der Waals surface area contributed by atoms with E-state index >= 15 is 0 Å². The number of ether oxygens (including phenoxy) is 1. The summed E-state index contributed by atoms with van der Waals surface area (Å²) in [6.07, 6.45) is 2.45. The van der Waals surface area contributed by atoms with E-state index in [1.165, 1.54) is 28.2 Å². The molecule has 15 heavy (non-hydrogen) atoms. The Morgan fingerprint density at radius 1 is 1.53 bits per heavy atom. The highest BCUT2D eigenvalue weighted by atomic mass is 32.1. The summed E-state index contributed by atoms with van der Waals surface area (Å²) in [7, 11) is 0. The summed E-state index contributed by atoms with van der Waals surface area (Å²) in [5.74, 6) is 0. The van der Waals surface area contributed by atoms with Crippen LogP contribution in [0.3, 0.4) is 0 Å². The van der Waals surface area contributed by atoms with Gasteiger partial charge in [0.25, 0.3) is 0 Å². The summed E-state index contributed by atoms with van der Waals surface area (Å²) in [5.41, 5.74) is 1.41. The number of thiophene rings is 1. The highest BCUT2D eigenvalue weighted by Gasteiger charge is 2.13. The second-order valence-electron chi connectivity index (χ2n) is 4.25. The summed E-state index contributed by atoms with van der Waals surface area (Å²) in [6.45, 7) is 7.18. The molecule has 0 aromatic carbocycles. The highest BCUT2D eigenvalue weighted by Crippen LogP contribution is 2.20. The maximum Gasteiger partial charge on any atom is 0.0619 e. The molecule has 2 rings (SSSR count). The average Bonchev–Trinajstić information content (AvgIpc) is 2.57. The summed E-state index contributed by atoms with van der Waals surface area (Å²) < 4.78 is 5.44. The number of nitrogens with one attached hydrogen (secondary N) is 1. The number of aryl methyl sites for hydroxylation is 2. The summed E-state index contributed by atoms with van der Waals surface area (Å²) in [5, 5.41) is 3.56. The normalized spacial score (nSPS) is 21.9. The molecule has 0 spiro atoms. The van der Waals surface area contributed by atoms with Gasteiger partial charge in [-0.2, -0.15) is 0 Å². The molecule has 2 nitrogen and oxygen atoms in total. The van der Waals surface area contributed by atoms with E-state index in [0.717, 1.165) is 19.8 Å². The molecule has 0 aliphatic carbocycles. The summed E-state index contributed by atoms with van der Waals surface area (Å²) in [4.78, 5) is 2.88. The van der Waals surface area contributed by atoms with Gasteiger partial charge in [0.1, 0.15) is 0 Å². The van der Waals surface area contributed by atoms with Crippen molar-refractivity contribution in [3.63, 3.8) is 0 Å². The molecule has 0 radical (unpaired) electrons. The van der Waals surface area contributed by atoms with Gasteiger partial charge in [-0.25, -0.2) is 0 Å². The van der Waals surface area contributed by atoms with E-state index in [-0.39, 0.29) is 0 Å². The Kier molecular flexibility index (Phi) is 3.78. The van der Waals surface area contributed by atoms with Crippen LogP contribution >= 0.6 is 11.3 Å². The fourth-order valence-corrected chi connectivity index (χ4v) is 2.89. The Balaban J connectivity index is 1.81. The van der Waals surface area contributed by atoms with E-state index in [4.69, 9.17) is 4.74 Å². The van der Waals surface area contributed by atoms with Crippen molar-refractivity contribution in [3.05, 3.63) is 21.4 Å². The quantitative estimate of drug-likeness (QED) is 0.854. The third-order valence-corrected chi connectivity index (χ3v) is 4.09. The van der Waals surface area contributed by atoms with Crippen LogP contribution in [0.1, 0.15) is 28.2 Å². The Morgan fingerprint density at radius 2 is 2.40 bits per heavy atom. The highest BCUT2D eigenvalue weighted by molar-refractivity contribution is 7.12. The predicted octanol–water partition coefficient (Wildman–Crippen LogP) is 2.63. The zero-order valence-electron chi connectivity index (χ0n) is 9.51. The molecule has 1 N–H and O–H groups in total. The third kappa shape index (κ3) is 3.03. The average molecular weight is 225 g/mol. The van der Waals surface area contributed by atoms with E-state index in [1.54, 1.807) is 0 Å². The second kappa shape index (κ2) is 5.10. The third-order valence-electron chi connectivity index (χ3n) is 2.94. The van der Waals surface area contributed by atoms with Crippen molar-refractivity contribution in [2.75, 3.05) is 13.2 Å². The molecular formula is C12H19NOS. The van der Waals surface area contributed by atoms with Crippen molar-refractivity contribution in [1.82, 2.24) is 5.32 Å². The Bertz CT molecular complexity index is 296. The lowest BCUT2D eigenvalue weighted by molar-refractivity contribution is 0.0700. The van der Waals surface area contributed by atoms with Crippen LogP contribution in [0.15, 0.2) is 6.07 Å². The number of hydrogen-bond donors (Lipinski definition) is 1. The van der Waals surface area contributed by atoms with Gasteiger partial charge in [0.2, 0.25) is 0 Å². The Labute approximate surface area is 95.6 Å². The van der Waals surface area contributed by atoms with Crippen molar-refractivity contribution < 1.29 is 4.74 Å². The summed E-state index contributed by atoms with van der Waals surface area (Å²) in [6, 6.07) is 2.85. The van der Waals surface area contributed by atoms with Crippen molar-refractivity contribution in [1.29, 1.82) is 0 Å². The molecule has 84 valence electrons. The van der Waals surface area contributed by atoms with E-state index in [0.29, 0.717) is 6.04 Å². The Morgan fingerprint density at radius 3 is 3.00 bits per heavy atom. The SMILES string of the molecule is Cc1cc(CNC2CCCOC2)sc1C. The van der Waals surface area contributed by atoms with Crippen LogP contribution in [0.25, 0.3) is 0 Å². The van der Waals surface area contributed by atoms with Gasteiger partial charge < -0.3 is 10.1 Å². The minimum Gasteiger partial charge on any atom is -0.380 e. The predicted molar refractivity (Wildman–Crippen MR) is 64.5 cm³/mol. The zero-order chi connectivity index (χ0) is 10.7. The first kappa shape index (κ1) is 11.1. The minimum atomic E-state index is 0.557. The van der Waals surface area contributed by atoms with Gasteiger partial charge in [0, 0.05) is 28.9 Å². The van der Waals surface area contributed by atoms with Crippen LogP contribution < -0.4 is 5.32 Å². The van der Waals surface area contributed by atoms with Crippen LogP contribution in [-0.4, -0.2) is 19.3 Å². The van der Waals surface area contributed by atoms with E-state index in [2.05, 4.69) is 25.2 Å². The van der Waals surface area contributed by atoms with Crippen LogP contribution in [0.4, 0.5) is 0 Å². The van der Waals surface area contributed by atoms with Gasteiger partial charge in [-0.05, 0) is 38.3 Å². The molecule has 1 aliphatic heterocycles. The first-order valence-corrected chi connectivity index (χ1v) is 6.44. The fraction of sp³-hybridized carbons (Fsp3) is 0.667. The van der Waals surface area contributed by atoms with Crippen molar-refractivity contribution in [3.8, 4) is 0 Å². The van der Waals surface area contributed by atoms with Crippen LogP contribution in [0.5, 0.6) is 0 Å². The van der Waals surface area contributed by atoms with Crippen molar-refractivity contribution >= 4 is 11.3 Å². The number of rotatable bonds is 3. The van der Waals surface area contributed by atoms with Gasteiger partial charge in [0.05, 0.1) is 6.61 Å². The van der Waals surface area contributed by atoms with Gasteiger partial charge in [0.15, 0.2) is 0 Å². The molecule has 1 aliphatic rings. The molecule has 1 atom stereocenters. The molecule has 1 aromatic heterocycles.